The van der Waals surface area contributed by atoms with Gasteiger partial charge >= 0.3 is 5.97 Å². The molecule has 1 heterocycles. The first-order chi connectivity index (χ1) is 14.4. The number of benzene rings is 1. The predicted octanol–water partition coefficient (Wildman–Crippen LogP) is 4.19. The molecule has 1 aliphatic carbocycles. The summed E-state index contributed by atoms with van der Waals surface area (Å²) in [7, 11) is 1.57. The molecule has 2 aliphatic rings. The van der Waals surface area contributed by atoms with E-state index in [1.807, 2.05) is 0 Å². The highest BCUT2D eigenvalue weighted by molar-refractivity contribution is 6.05. The average Bonchev–Trinajstić information content (AvgIpc) is 2.74. The van der Waals surface area contributed by atoms with Gasteiger partial charge in [0.2, 0.25) is 0 Å². The Morgan fingerprint density at radius 1 is 1.13 bits per heavy atom. The normalized spacial score (nSPS) is 29.4. The Morgan fingerprint density at radius 3 is 2.57 bits per heavy atom. The number of methoxy groups -OCH3 is 1. The molecule has 5 atom stereocenters. The standard InChI is InChI=1S/C24H35NO5/c1-15(2)17-12-11-16(3)14-21(17)30-23(27)19-9-6-5-8-18(19)22(26)25-20-10-7-13-29-24(20)28-4/h5-6,8-9,15-17,20-21,24H,7,10-14H2,1-4H3,(H,25,26)/t16-,17+,20+,21-,24+/m1/s1. The van der Waals surface area contributed by atoms with Crippen molar-refractivity contribution in [2.75, 3.05) is 13.7 Å². The molecular weight excluding hydrogens is 382 g/mol. The number of carbonyl (C=O) groups is 2. The van der Waals surface area contributed by atoms with Crippen LogP contribution >= 0.6 is 0 Å². The highest BCUT2D eigenvalue weighted by Gasteiger charge is 2.34. The minimum Gasteiger partial charge on any atom is -0.458 e. The van der Waals surface area contributed by atoms with Crippen LogP contribution in [-0.4, -0.2) is 44.0 Å². The molecule has 0 aromatic heterocycles. The molecule has 1 saturated heterocycles. The summed E-state index contributed by atoms with van der Waals surface area (Å²) in [5, 5.41) is 2.97. The van der Waals surface area contributed by atoms with E-state index >= 15 is 0 Å². The van der Waals surface area contributed by atoms with Gasteiger partial charge in [-0.15, -0.1) is 0 Å². The first-order valence-electron chi connectivity index (χ1n) is 11.2. The Labute approximate surface area is 179 Å². The third-order valence-corrected chi connectivity index (χ3v) is 6.43. The molecule has 0 radical (unpaired) electrons. The van der Waals surface area contributed by atoms with Crippen molar-refractivity contribution in [2.45, 2.75) is 71.3 Å². The molecule has 1 aromatic carbocycles. The van der Waals surface area contributed by atoms with Gasteiger partial charge in [0.05, 0.1) is 17.2 Å². The maximum atomic E-state index is 13.1. The quantitative estimate of drug-likeness (QED) is 0.703. The molecule has 1 aliphatic heterocycles. The fourth-order valence-electron chi connectivity index (χ4n) is 4.68. The lowest BCUT2D eigenvalue weighted by molar-refractivity contribution is -0.160. The summed E-state index contributed by atoms with van der Waals surface area (Å²) in [5.41, 5.74) is 0.634. The van der Waals surface area contributed by atoms with Crippen LogP contribution < -0.4 is 5.32 Å². The van der Waals surface area contributed by atoms with Gasteiger partial charge in [0.25, 0.3) is 5.91 Å². The molecule has 6 heteroatoms. The van der Waals surface area contributed by atoms with Crippen LogP contribution in [0.5, 0.6) is 0 Å². The van der Waals surface area contributed by atoms with Crippen LogP contribution in [0.15, 0.2) is 24.3 Å². The summed E-state index contributed by atoms with van der Waals surface area (Å²) in [4.78, 5) is 26.1. The molecule has 30 heavy (non-hydrogen) atoms. The second-order valence-corrected chi connectivity index (χ2v) is 9.01. The molecule has 0 unspecified atom stereocenters. The molecular formula is C24H35NO5. The molecule has 1 N–H and O–H groups in total. The van der Waals surface area contributed by atoms with E-state index in [0.717, 1.165) is 25.7 Å². The highest BCUT2D eigenvalue weighted by atomic mass is 16.7. The first-order valence-corrected chi connectivity index (χ1v) is 11.2. The third-order valence-electron chi connectivity index (χ3n) is 6.43. The topological polar surface area (TPSA) is 73.9 Å². The smallest absolute Gasteiger partial charge is 0.339 e. The Kier molecular flexibility index (Phi) is 7.89. The van der Waals surface area contributed by atoms with Gasteiger partial charge in [-0.3, -0.25) is 4.79 Å². The molecule has 166 valence electrons. The SMILES string of the molecule is CO[C@H]1OCCC[C@@H]1NC(=O)c1ccccc1C(=O)O[C@@H]1C[C@H](C)CC[C@H]1C(C)C. The second-order valence-electron chi connectivity index (χ2n) is 9.01. The van der Waals surface area contributed by atoms with Crippen molar-refractivity contribution in [1.82, 2.24) is 5.32 Å². The fourth-order valence-corrected chi connectivity index (χ4v) is 4.68. The fraction of sp³-hybridized carbons (Fsp3) is 0.667. The van der Waals surface area contributed by atoms with Crippen molar-refractivity contribution in [3.8, 4) is 0 Å². The second kappa shape index (κ2) is 10.4. The lowest BCUT2D eigenvalue weighted by atomic mass is 9.75. The Morgan fingerprint density at radius 2 is 1.87 bits per heavy atom. The summed E-state index contributed by atoms with van der Waals surface area (Å²) in [5.74, 6) is 0.610. The van der Waals surface area contributed by atoms with Crippen LogP contribution in [0.2, 0.25) is 0 Å². The van der Waals surface area contributed by atoms with E-state index in [4.69, 9.17) is 14.2 Å². The number of hydrogen-bond acceptors (Lipinski definition) is 5. The summed E-state index contributed by atoms with van der Waals surface area (Å²) in [6, 6.07) is 6.61. The number of carbonyl (C=O) groups excluding carboxylic acids is 2. The Bertz CT molecular complexity index is 734. The Hall–Kier alpha value is -1.92. The molecule has 6 nitrogen and oxygen atoms in total. The minimum atomic E-state index is -0.475. The minimum absolute atomic E-state index is 0.109. The highest BCUT2D eigenvalue weighted by Crippen LogP contribution is 2.35. The van der Waals surface area contributed by atoms with Crippen LogP contribution in [-0.2, 0) is 14.2 Å². The maximum absolute atomic E-state index is 13.1. The summed E-state index contributed by atoms with van der Waals surface area (Å²) in [6.45, 7) is 7.19. The zero-order valence-corrected chi connectivity index (χ0v) is 18.6. The first kappa shape index (κ1) is 22.8. The number of esters is 1. The molecule has 1 aromatic rings. The van der Waals surface area contributed by atoms with E-state index in [9.17, 15) is 9.59 Å². The van der Waals surface area contributed by atoms with Crippen LogP contribution in [0.1, 0.15) is 73.6 Å². The van der Waals surface area contributed by atoms with Crippen molar-refractivity contribution in [1.29, 1.82) is 0 Å². The average molecular weight is 418 g/mol. The van der Waals surface area contributed by atoms with Gasteiger partial charge in [-0.05, 0) is 55.6 Å². The summed E-state index contributed by atoms with van der Waals surface area (Å²) in [6.07, 6.45) is 4.15. The maximum Gasteiger partial charge on any atom is 0.339 e. The summed E-state index contributed by atoms with van der Waals surface area (Å²) < 4.78 is 16.9. The number of amides is 1. The molecule has 1 saturated carbocycles. The van der Waals surface area contributed by atoms with Crippen LogP contribution in [0.25, 0.3) is 0 Å². The van der Waals surface area contributed by atoms with E-state index in [1.54, 1.807) is 31.4 Å². The van der Waals surface area contributed by atoms with Crippen molar-refractivity contribution in [2.24, 2.45) is 17.8 Å². The van der Waals surface area contributed by atoms with Gasteiger partial charge in [0.1, 0.15) is 6.10 Å². The number of hydrogen-bond donors (Lipinski definition) is 1. The van der Waals surface area contributed by atoms with Crippen molar-refractivity contribution < 1.29 is 23.8 Å². The van der Waals surface area contributed by atoms with E-state index < -0.39 is 12.3 Å². The number of nitrogens with one attached hydrogen (secondary N) is 1. The Balaban J connectivity index is 1.73. The molecule has 3 rings (SSSR count). The number of rotatable bonds is 6. The zero-order valence-electron chi connectivity index (χ0n) is 18.6. The molecule has 0 bridgehead atoms. The third kappa shape index (κ3) is 5.41. The largest absolute Gasteiger partial charge is 0.458 e. The van der Waals surface area contributed by atoms with Crippen LogP contribution in [0, 0.1) is 17.8 Å². The van der Waals surface area contributed by atoms with Gasteiger partial charge < -0.3 is 19.5 Å². The van der Waals surface area contributed by atoms with Crippen molar-refractivity contribution >= 4 is 11.9 Å². The lowest BCUT2D eigenvalue weighted by Gasteiger charge is -2.36. The van der Waals surface area contributed by atoms with Gasteiger partial charge in [0, 0.05) is 13.7 Å². The van der Waals surface area contributed by atoms with E-state index in [1.165, 1.54) is 6.42 Å². The van der Waals surface area contributed by atoms with Crippen molar-refractivity contribution in [3.63, 3.8) is 0 Å². The van der Waals surface area contributed by atoms with Gasteiger partial charge in [-0.1, -0.05) is 39.3 Å². The van der Waals surface area contributed by atoms with Gasteiger partial charge in [0.15, 0.2) is 6.29 Å². The number of ether oxygens (including phenoxy) is 3. The predicted molar refractivity (Wildman–Crippen MR) is 114 cm³/mol. The van der Waals surface area contributed by atoms with Crippen LogP contribution in [0.3, 0.4) is 0 Å². The van der Waals surface area contributed by atoms with Gasteiger partial charge in [-0.2, -0.15) is 0 Å². The van der Waals surface area contributed by atoms with E-state index in [2.05, 4.69) is 26.1 Å². The van der Waals surface area contributed by atoms with Crippen molar-refractivity contribution in [3.05, 3.63) is 35.4 Å². The van der Waals surface area contributed by atoms with E-state index in [0.29, 0.717) is 35.5 Å². The molecule has 1 amide bonds. The zero-order chi connectivity index (χ0) is 21.7. The lowest BCUT2D eigenvalue weighted by Crippen LogP contribution is -2.48. The van der Waals surface area contributed by atoms with Gasteiger partial charge in [-0.25, -0.2) is 4.79 Å². The van der Waals surface area contributed by atoms with E-state index in [-0.39, 0.29) is 18.1 Å². The molecule has 2 fully saturated rings. The molecule has 0 spiro atoms. The summed E-state index contributed by atoms with van der Waals surface area (Å²) >= 11 is 0. The van der Waals surface area contributed by atoms with Crippen LogP contribution in [0.4, 0.5) is 0 Å². The monoisotopic (exact) mass is 417 g/mol.